The van der Waals surface area contributed by atoms with Crippen LogP contribution in [0.3, 0.4) is 0 Å². The molecule has 2 aromatic rings. The lowest BCUT2D eigenvalue weighted by atomic mass is 10.0. The number of nitrogens with one attached hydrogen (secondary N) is 9. The highest BCUT2D eigenvalue weighted by atomic mass is 32.2. The zero-order valence-electron chi connectivity index (χ0n) is 47.0. The third kappa shape index (κ3) is 25.7. The van der Waals surface area contributed by atoms with Gasteiger partial charge in [0.2, 0.25) is 57.3 Å². The summed E-state index contributed by atoms with van der Waals surface area (Å²) in [5.41, 5.74) is 43.5. The second kappa shape index (κ2) is 35.6. The number of nitrogens with zero attached hydrogens (tertiary/aromatic N) is 5. The van der Waals surface area contributed by atoms with E-state index in [4.69, 9.17) is 45.9 Å². The summed E-state index contributed by atoms with van der Waals surface area (Å²) in [6.07, 6.45) is 2.61. The van der Waals surface area contributed by atoms with Gasteiger partial charge in [0.15, 0.2) is 23.8 Å². The highest BCUT2D eigenvalue weighted by Gasteiger charge is 2.34. The van der Waals surface area contributed by atoms with Gasteiger partial charge in [0.05, 0.1) is 17.5 Å². The molecule has 0 saturated heterocycles. The summed E-state index contributed by atoms with van der Waals surface area (Å²) in [6.45, 7) is 3.94. The fourth-order valence-corrected chi connectivity index (χ4v) is 8.98. The van der Waals surface area contributed by atoms with Crippen LogP contribution in [0.4, 0.5) is 0 Å². The van der Waals surface area contributed by atoms with Crippen LogP contribution in [-0.4, -0.2) is 188 Å². The summed E-state index contributed by atoms with van der Waals surface area (Å²) in [7, 11) is -4.24. The number of carbonyl (C=O) groups excluding carboxylic acids is 8. The van der Waals surface area contributed by atoms with Crippen LogP contribution in [0.15, 0.2) is 61.5 Å². The van der Waals surface area contributed by atoms with Crippen molar-refractivity contribution in [3.05, 3.63) is 36.7 Å². The van der Waals surface area contributed by atoms with Crippen molar-refractivity contribution >= 4 is 97.9 Å². The van der Waals surface area contributed by atoms with Crippen molar-refractivity contribution in [2.75, 3.05) is 32.8 Å². The van der Waals surface area contributed by atoms with Gasteiger partial charge in [-0.25, -0.2) is 13.2 Å². The quantitative estimate of drug-likeness (QED) is 0.0170. The molecule has 84 heavy (non-hydrogen) atoms. The number of nitrogens with two attached hydrogens (primary N) is 8. The second-order valence-corrected chi connectivity index (χ2v) is 20.7. The average Bonchev–Trinajstić information content (AvgIpc) is 3.12. The van der Waals surface area contributed by atoms with Crippen molar-refractivity contribution in [2.45, 2.75) is 138 Å². The number of aromatic nitrogens is 1. The predicted molar refractivity (Wildman–Crippen MR) is 308 cm³/mol. The number of benzene rings is 1. The Kier molecular flexibility index (Phi) is 30.1. The van der Waals surface area contributed by atoms with Crippen LogP contribution in [0.5, 0.6) is 0 Å². The number of rotatable bonds is 37. The molecule has 2 rings (SSSR count). The summed E-state index contributed by atoms with van der Waals surface area (Å²) >= 11 is 0. The lowest BCUT2D eigenvalue weighted by Gasteiger charge is -2.27. The predicted octanol–water partition coefficient (Wildman–Crippen LogP) is -7.87. The molecule has 0 aliphatic rings. The molecule has 0 aliphatic heterocycles. The zero-order valence-corrected chi connectivity index (χ0v) is 47.8. The number of pyridine rings is 1. The van der Waals surface area contributed by atoms with Gasteiger partial charge in [-0.05, 0) is 91.2 Å². The number of guanidine groups is 4. The summed E-state index contributed by atoms with van der Waals surface area (Å²) in [5, 5.41) is 40.3. The molecule has 0 aliphatic carbocycles. The van der Waals surface area contributed by atoms with E-state index < -0.39 is 124 Å². The molecule has 36 heteroatoms. The van der Waals surface area contributed by atoms with Gasteiger partial charge >= 0.3 is 5.97 Å². The normalized spacial score (nSPS) is 14.2. The Hall–Kier alpha value is -9.19. The van der Waals surface area contributed by atoms with Crippen LogP contribution in [-0.2, 0) is 53.2 Å². The van der Waals surface area contributed by atoms with Crippen molar-refractivity contribution in [1.29, 1.82) is 0 Å². The Morgan fingerprint density at radius 1 is 0.476 bits per heavy atom. The van der Waals surface area contributed by atoms with Crippen molar-refractivity contribution in [3.63, 3.8) is 0 Å². The van der Waals surface area contributed by atoms with Gasteiger partial charge in [0.25, 0.3) is 0 Å². The van der Waals surface area contributed by atoms with E-state index in [1.807, 2.05) is 0 Å². The highest BCUT2D eigenvalue weighted by Crippen LogP contribution is 2.22. The minimum Gasteiger partial charge on any atom is -0.480 e. The number of carboxylic acid groups (broad SMARTS) is 1. The SMILES string of the molecule is C[C@H](NC(=O)[C@H](C)NC(=O)[C@H](C)NS(=O)(=O)c1cccc2cnccc12)C(=O)N[C@@H](C)C(=O)N[C@@H](CO)C(=O)N[C@@H](CCCN=C(N)N)C(=O)N[C@@H](CCCN=C(N)N)C(=O)N[C@@H](CCCN=C(N)N)C(=O)N[C@@H](CCCN=C(N)N)C(=O)O. The zero-order chi connectivity index (χ0) is 63.3. The van der Waals surface area contributed by atoms with Gasteiger partial charge < -0.3 is 98.6 Å². The first kappa shape index (κ1) is 70.9. The fraction of sp³-hybridized carbons (Fsp3) is 0.542. The van der Waals surface area contributed by atoms with Crippen LogP contribution in [0.2, 0.25) is 0 Å². The van der Waals surface area contributed by atoms with Crippen molar-refractivity contribution < 1.29 is 61.8 Å². The van der Waals surface area contributed by atoms with Gasteiger partial charge in [-0.3, -0.25) is 63.3 Å². The van der Waals surface area contributed by atoms with Crippen LogP contribution in [0.1, 0.15) is 79.1 Å². The largest absolute Gasteiger partial charge is 0.480 e. The topological polar surface area (TPSA) is 607 Å². The highest BCUT2D eigenvalue weighted by molar-refractivity contribution is 7.89. The maximum atomic E-state index is 14.2. The molecule has 1 heterocycles. The van der Waals surface area contributed by atoms with Gasteiger partial charge in [-0.15, -0.1) is 0 Å². The minimum absolute atomic E-state index is 0.000106. The van der Waals surface area contributed by atoms with Crippen LogP contribution in [0.25, 0.3) is 10.8 Å². The number of aliphatic hydroxyl groups is 1. The van der Waals surface area contributed by atoms with Gasteiger partial charge in [0, 0.05) is 49.3 Å². The summed E-state index contributed by atoms with van der Waals surface area (Å²) in [5.74, 6) is -10.1. The molecule has 9 atom stereocenters. The number of carboxylic acids is 1. The molecule has 0 radical (unpaired) electrons. The van der Waals surface area contributed by atoms with Gasteiger partial charge in [0.1, 0.15) is 48.3 Å². The fourth-order valence-electron chi connectivity index (χ4n) is 7.55. The van der Waals surface area contributed by atoms with E-state index in [1.165, 1.54) is 58.3 Å². The van der Waals surface area contributed by atoms with Crippen molar-refractivity contribution in [2.24, 2.45) is 65.8 Å². The van der Waals surface area contributed by atoms with E-state index in [9.17, 15) is 61.8 Å². The number of hydrogen-bond donors (Lipinski definition) is 19. The Labute approximate surface area is 484 Å². The molecule has 1 aromatic carbocycles. The number of sulfonamides is 1. The van der Waals surface area contributed by atoms with E-state index in [-0.39, 0.29) is 106 Å². The number of fused-ring (bicyclic) bond motifs is 1. The van der Waals surface area contributed by atoms with Gasteiger partial charge in [-0.2, -0.15) is 4.72 Å². The summed E-state index contributed by atoms with van der Waals surface area (Å²) < 4.78 is 28.8. The smallest absolute Gasteiger partial charge is 0.326 e. The lowest BCUT2D eigenvalue weighted by molar-refractivity contribution is -0.142. The van der Waals surface area contributed by atoms with Crippen molar-refractivity contribution in [1.82, 2.24) is 52.2 Å². The Bertz CT molecular complexity index is 2830. The maximum Gasteiger partial charge on any atom is 0.326 e. The monoisotopic (exact) mass is 1200 g/mol. The Morgan fingerprint density at radius 2 is 0.810 bits per heavy atom. The lowest BCUT2D eigenvalue weighted by Crippen LogP contribution is -2.60. The first-order chi connectivity index (χ1) is 39.5. The molecule has 0 bridgehead atoms. The molecule has 466 valence electrons. The first-order valence-electron chi connectivity index (χ1n) is 26.3. The molecular weight excluding hydrogens is 1120 g/mol. The average molecular weight is 1210 g/mol. The third-order valence-electron chi connectivity index (χ3n) is 12.0. The number of aliphatic imine (C=N–C) groups is 4. The Morgan fingerprint density at radius 3 is 1.18 bits per heavy atom. The van der Waals surface area contributed by atoms with Crippen LogP contribution >= 0.6 is 0 Å². The van der Waals surface area contributed by atoms with E-state index >= 15 is 0 Å². The first-order valence-corrected chi connectivity index (χ1v) is 27.8. The van der Waals surface area contributed by atoms with Crippen LogP contribution in [0, 0.1) is 0 Å². The summed E-state index contributed by atoms with van der Waals surface area (Å²) in [6, 6.07) is -7.04. The molecule has 35 nitrogen and oxygen atoms in total. The number of amides is 8. The number of aliphatic carboxylic acids is 1. The molecule has 0 fully saturated rings. The van der Waals surface area contributed by atoms with Gasteiger partial charge in [-0.1, -0.05) is 12.1 Å². The van der Waals surface area contributed by atoms with Crippen molar-refractivity contribution in [3.8, 4) is 0 Å². The molecule has 27 N–H and O–H groups in total. The standard InChI is InChI=1S/C48H80N22O13S/c1-24(62-37(73)25(2)64-39(75)27(4)70-84(82,83)35-15-5-10-28-22-57-21-16-29(28)35)36(72)63-26(3)38(74)69-34(23-71)43(79)67-31(12-7-18-59-46(51)52)41(77)65-30(11-6-17-58-45(49)50)40(76)66-32(13-8-19-60-47(53)54)42(78)68-33(44(80)81)14-9-20-61-48(55)56/h5,10,15-16,21-22,24-27,30-34,70-71H,6-9,11-14,17-20,23H2,1-4H3,(H,62,73)(H,63,72)(H,64,75)(H,65,77)(H,66,76)(H,67,79)(H,68,78)(H,69,74)(H,80,81)(H4,49,50,58)(H4,51,52,59)(H4,53,54,60)(H4,55,56,61)/t24-,25-,26-,27-,30-,31-,32-,33-,34-/m0/s1. The molecule has 0 spiro atoms. The Balaban J connectivity index is 2.23. The number of aliphatic hydroxyl groups excluding tert-OH is 1. The summed E-state index contributed by atoms with van der Waals surface area (Å²) in [4.78, 5) is 140. The molecule has 0 unspecified atom stereocenters. The van der Waals surface area contributed by atoms with E-state index in [2.05, 4.69) is 72.2 Å². The molecule has 8 amide bonds. The molecule has 0 saturated carbocycles. The number of carbonyl (C=O) groups is 9. The maximum absolute atomic E-state index is 14.2. The van der Waals surface area contributed by atoms with E-state index in [0.717, 1.165) is 0 Å². The van der Waals surface area contributed by atoms with E-state index in [0.29, 0.717) is 10.8 Å². The van der Waals surface area contributed by atoms with E-state index in [1.54, 1.807) is 6.07 Å². The second-order valence-electron chi connectivity index (χ2n) is 19.0. The third-order valence-corrected chi connectivity index (χ3v) is 13.6. The molecular formula is C48H80N22O13S. The van der Waals surface area contributed by atoms with Crippen LogP contribution < -0.4 is 93.1 Å². The molecule has 1 aromatic heterocycles. The number of hydrogen-bond acceptors (Lipinski definition) is 17. The minimum atomic E-state index is -4.24.